The normalized spacial score (nSPS) is 11.3. The molecule has 104 valence electrons. The highest BCUT2D eigenvalue weighted by Crippen LogP contribution is 2.32. The lowest BCUT2D eigenvalue weighted by Crippen LogP contribution is -2.11. The van der Waals surface area contributed by atoms with Crippen LogP contribution in [0, 0.1) is 10.1 Å². The second-order valence-electron chi connectivity index (χ2n) is 3.70. The van der Waals surface area contributed by atoms with Crippen LogP contribution in [0.1, 0.15) is 21.7 Å². The average molecular weight is 286 g/mol. The van der Waals surface area contributed by atoms with Gasteiger partial charge in [0.05, 0.1) is 11.1 Å². The number of ketones is 1. The van der Waals surface area contributed by atoms with Gasteiger partial charge < -0.3 is 4.52 Å². The van der Waals surface area contributed by atoms with Crippen LogP contribution in [0.3, 0.4) is 0 Å². The standard InChI is InChI=1S/C11H5F3N2O4/c12-11(13,14)8-5-15-20-10(8)9(17)6-1-3-7(4-2-6)16(18)19/h1-5H. The molecule has 0 aliphatic heterocycles. The van der Waals surface area contributed by atoms with Crippen molar-refractivity contribution in [2.45, 2.75) is 6.18 Å². The summed E-state index contributed by atoms with van der Waals surface area (Å²) in [6.45, 7) is 0. The number of hydrogen-bond acceptors (Lipinski definition) is 5. The minimum Gasteiger partial charge on any atom is -0.352 e. The average Bonchev–Trinajstić information content (AvgIpc) is 2.87. The smallest absolute Gasteiger partial charge is 0.352 e. The van der Waals surface area contributed by atoms with Crippen LogP contribution in [0.4, 0.5) is 18.9 Å². The van der Waals surface area contributed by atoms with Crippen LogP contribution in [0.5, 0.6) is 0 Å². The lowest BCUT2D eigenvalue weighted by Gasteiger charge is -2.04. The van der Waals surface area contributed by atoms with E-state index in [0.29, 0.717) is 6.20 Å². The topological polar surface area (TPSA) is 86.2 Å². The van der Waals surface area contributed by atoms with Crippen LogP contribution in [0.2, 0.25) is 0 Å². The Labute approximate surface area is 108 Å². The van der Waals surface area contributed by atoms with E-state index < -0.39 is 28.2 Å². The highest BCUT2D eigenvalue weighted by Gasteiger charge is 2.39. The van der Waals surface area contributed by atoms with E-state index in [-0.39, 0.29) is 11.3 Å². The fraction of sp³-hybridized carbons (Fsp3) is 0.0909. The van der Waals surface area contributed by atoms with Crippen molar-refractivity contribution in [3.05, 3.63) is 57.5 Å². The fourth-order valence-electron chi connectivity index (χ4n) is 1.47. The first-order valence-corrected chi connectivity index (χ1v) is 5.11. The van der Waals surface area contributed by atoms with Gasteiger partial charge in [-0.05, 0) is 12.1 Å². The quantitative estimate of drug-likeness (QED) is 0.492. The molecule has 0 spiro atoms. The molecule has 2 aromatic rings. The molecule has 2 rings (SSSR count). The number of rotatable bonds is 3. The summed E-state index contributed by atoms with van der Waals surface area (Å²) >= 11 is 0. The van der Waals surface area contributed by atoms with Crippen molar-refractivity contribution in [2.75, 3.05) is 0 Å². The zero-order chi connectivity index (χ0) is 14.9. The summed E-state index contributed by atoms with van der Waals surface area (Å²) in [5.41, 5.74) is -1.74. The van der Waals surface area contributed by atoms with Crippen molar-refractivity contribution in [3.8, 4) is 0 Å². The maximum atomic E-state index is 12.6. The summed E-state index contributed by atoms with van der Waals surface area (Å²) in [5, 5.41) is 13.4. The van der Waals surface area contributed by atoms with Crippen LogP contribution in [0.15, 0.2) is 35.0 Å². The third-order valence-corrected chi connectivity index (χ3v) is 2.42. The lowest BCUT2D eigenvalue weighted by atomic mass is 10.1. The predicted molar refractivity (Wildman–Crippen MR) is 58.0 cm³/mol. The number of carbonyl (C=O) groups is 1. The van der Waals surface area contributed by atoms with Gasteiger partial charge in [-0.3, -0.25) is 14.9 Å². The zero-order valence-electron chi connectivity index (χ0n) is 9.55. The van der Waals surface area contributed by atoms with E-state index >= 15 is 0 Å². The largest absolute Gasteiger partial charge is 0.421 e. The molecule has 0 bridgehead atoms. The Kier molecular flexibility index (Phi) is 3.26. The molecule has 20 heavy (non-hydrogen) atoms. The number of non-ortho nitro benzene ring substituents is 1. The number of carbonyl (C=O) groups excluding carboxylic acids is 1. The van der Waals surface area contributed by atoms with Gasteiger partial charge in [-0.2, -0.15) is 13.2 Å². The molecule has 1 heterocycles. The van der Waals surface area contributed by atoms with E-state index in [1.807, 2.05) is 0 Å². The van der Waals surface area contributed by atoms with E-state index in [4.69, 9.17) is 0 Å². The maximum absolute atomic E-state index is 12.6. The summed E-state index contributed by atoms with van der Waals surface area (Å²) < 4.78 is 42.1. The minimum absolute atomic E-state index is 0.169. The summed E-state index contributed by atoms with van der Waals surface area (Å²) in [7, 11) is 0. The first kappa shape index (κ1) is 13.7. The molecule has 0 amide bonds. The van der Waals surface area contributed by atoms with Gasteiger partial charge >= 0.3 is 6.18 Å². The van der Waals surface area contributed by atoms with Gasteiger partial charge in [-0.15, -0.1) is 0 Å². The number of nitro groups is 1. The number of benzene rings is 1. The predicted octanol–water partition coefficient (Wildman–Crippen LogP) is 2.83. The van der Waals surface area contributed by atoms with Gasteiger partial charge in [0.1, 0.15) is 5.56 Å². The molecular formula is C11H5F3N2O4. The van der Waals surface area contributed by atoms with E-state index in [0.717, 1.165) is 24.3 Å². The second kappa shape index (κ2) is 4.76. The van der Waals surface area contributed by atoms with Crippen LogP contribution in [-0.2, 0) is 6.18 Å². The van der Waals surface area contributed by atoms with Gasteiger partial charge in [0.2, 0.25) is 11.5 Å². The molecule has 0 N–H and O–H groups in total. The van der Waals surface area contributed by atoms with Gasteiger partial charge in [0.25, 0.3) is 5.69 Å². The molecule has 0 aliphatic rings. The van der Waals surface area contributed by atoms with Gasteiger partial charge in [0, 0.05) is 17.7 Å². The van der Waals surface area contributed by atoms with Crippen LogP contribution in [0.25, 0.3) is 0 Å². The zero-order valence-corrected chi connectivity index (χ0v) is 9.55. The molecule has 0 fully saturated rings. The molecule has 0 aliphatic carbocycles. The van der Waals surface area contributed by atoms with E-state index in [1.54, 1.807) is 0 Å². The lowest BCUT2D eigenvalue weighted by molar-refractivity contribution is -0.384. The Morgan fingerprint density at radius 1 is 1.25 bits per heavy atom. The number of halogens is 3. The van der Waals surface area contributed by atoms with Gasteiger partial charge in [0.15, 0.2) is 0 Å². The highest BCUT2D eigenvalue weighted by molar-refractivity contribution is 6.08. The monoisotopic (exact) mass is 286 g/mol. The first-order valence-electron chi connectivity index (χ1n) is 5.11. The molecule has 1 aromatic carbocycles. The second-order valence-corrected chi connectivity index (χ2v) is 3.70. The molecule has 0 unspecified atom stereocenters. The Balaban J connectivity index is 2.37. The van der Waals surface area contributed by atoms with Crippen molar-refractivity contribution >= 4 is 11.5 Å². The Morgan fingerprint density at radius 3 is 2.35 bits per heavy atom. The number of hydrogen-bond donors (Lipinski definition) is 0. The Hall–Kier alpha value is -2.71. The molecule has 1 aromatic heterocycles. The van der Waals surface area contributed by atoms with E-state index in [2.05, 4.69) is 9.68 Å². The molecule has 9 heteroatoms. The summed E-state index contributed by atoms with van der Waals surface area (Å²) in [5.74, 6) is -2.00. The molecule has 0 saturated carbocycles. The van der Waals surface area contributed by atoms with E-state index in [9.17, 15) is 28.1 Å². The first-order chi connectivity index (χ1) is 9.30. The van der Waals surface area contributed by atoms with E-state index in [1.165, 1.54) is 0 Å². The summed E-state index contributed by atoms with van der Waals surface area (Å²) in [4.78, 5) is 21.6. The number of nitro benzene ring substituents is 1. The maximum Gasteiger partial charge on any atom is 0.421 e. The molecule has 6 nitrogen and oxygen atoms in total. The van der Waals surface area contributed by atoms with Crippen molar-refractivity contribution < 1.29 is 27.4 Å². The van der Waals surface area contributed by atoms with Crippen LogP contribution < -0.4 is 0 Å². The highest BCUT2D eigenvalue weighted by atomic mass is 19.4. The fourth-order valence-corrected chi connectivity index (χ4v) is 1.47. The van der Waals surface area contributed by atoms with Crippen molar-refractivity contribution in [1.82, 2.24) is 5.16 Å². The molecule has 0 atom stereocenters. The van der Waals surface area contributed by atoms with Crippen LogP contribution >= 0.6 is 0 Å². The third-order valence-electron chi connectivity index (χ3n) is 2.42. The van der Waals surface area contributed by atoms with Gasteiger partial charge in [-0.25, -0.2) is 0 Å². The molecular weight excluding hydrogens is 281 g/mol. The Bertz CT molecular complexity index is 661. The number of alkyl halides is 3. The third kappa shape index (κ3) is 2.51. The Morgan fingerprint density at radius 2 is 1.85 bits per heavy atom. The van der Waals surface area contributed by atoms with Crippen LogP contribution in [-0.4, -0.2) is 15.9 Å². The van der Waals surface area contributed by atoms with Crippen molar-refractivity contribution in [1.29, 1.82) is 0 Å². The minimum atomic E-state index is -4.77. The number of nitrogens with zero attached hydrogens (tertiary/aromatic N) is 2. The number of aromatic nitrogens is 1. The molecule has 0 radical (unpaired) electrons. The SMILES string of the molecule is O=C(c1ccc([N+](=O)[O-])cc1)c1oncc1C(F)(F)F. The summed E-state index contributed by atoms with van der Waals surface area (Å²) in [6, 6.07) is 4.11. The van der Waals surface area contributed by atoms with Crippen molar-refractivity contribution in [3.63, 3.8) is 0 Å². The molecule has 0 saturated heterocycles. The van der Waals surface area contributed by atoms with Gasteiger partial charge in [-0.1, -0.05) is 5.16 Å². The van der Waals surface area contributed by atoms with Crippen molar-refractivity contribution in [2.24, 2.45) is 0 Å². The summed E-state index contributed by atoms with van der Waals surface area (Å²) in [6.07, 6.45) is -4.37.